The van der Waals surface area contributed by atoms with Crippen LogP contribution in [0.3, 0.4) is 0 Å². The van der Waals surface area contributed by atoms with Gasteiger partial charge in [0.2, 0.25) is 5.91 Å². The predicted octanol–water partition coefficient (Wildman–Crippen LogP) is 2.73. The molecule has 7 heteroatoms. The number of hydrogen-bond acceptors (Lipinski definition) is 5. The lowest BCUT2D eigenvalue weighted by Crippen LogP contribution is -2.41. The Bertz CT molecular complexity index is 742. The van der Waals surface area contributed by atoms with Crippen molar-refractivity contribution >= 4 is 29.0 Å². The standard InChI is InChI=1S/C19H24ClN5O/c1-24(2)18-17(12-21-13-23-18)25-9-7-15(8-10-25)19(26)22-11-14-3-5-16(20)6-4-14/h3-6,12-13,15H,7-11H2,1-2H3,(H,22,26). The van der Waals surface area contributed by atoms with Crippen LogP contribution in [0, 0.1) is 5.92 Å². The number of rotatable bonds is 5. The van der Waals surface area contributed by atoms with Gasteiger partial charge < -0.3 is 15.1 Å². The molecule has 1 amide bonds. The number of aromatic nitrogens is 2. The molecule has 0 saturated carbocycles. The summed E-state index contributed by atoms with van der Waals surface area (Å²) in [5.74, 6) is 1.08. The van der Waals surface area contributed by atoms with Crippen molar-refractivity contribution < 1.29 is 4.79 Å². The maximum atomic E-state index is 12.5. The molecule has 1 saturated heterocycles. The van der Waals surface area contributed by atoms with Crippen LogP contribution in [-0.2, 0) is 11.3 Å². The minimum absolute atomic E-state index is 0.0472. The highest BCUT2D eigenvalue weighted by atomic mass is 35.5. The number of carbonyl (C=O) groups is 1. The van der Waals surface area contributed by atoms with Crippen LogP contribution in [0.2, 0.25) is 5.02 Å². The summed E-state index contributed by atoms with van der Waals surface area (Å²) >= 11 is 5.89. The van der Waals surface area contributed by atoms with Gasteiger partial charge in [0, 0.05) is 44.7 Å². The number of nitrogens with zero attached hydrogens (tertiary/aromatic N) is 4. The van der Waals surface area contributed by atoms with Gasteiger partial charge in [-0.05, 0) is 30.5 Å². The van der Waals surface area contributed by atoms with E-state index in [9.17, 15) is 4.79 Å². The maximum Gasteiger partial charge on any atom is 0.223 e. The van der Waals surface area contributed by atoms with Crippen molar-refractivity contribution in [2.45, 2.75) is 19.4 Å². The van der Waals surface area contributed by atoms with Gasteiger partial charge in [-0.25, -0.2) is 9.97 Å². The van der Waals surface area contributed by atoms with Gasteiger partial charge in [0.05, 0.1) is 11.9 Å². The molecule has 0 atom stereocenters. The molecule has 1 fully saturated rings. The third-order valence-electron chi connectivity index (χ3n) is 4.68. The fraction of sp³-hybridized carbons (Fsp3) is 0.421. The maximum absolute atomic E-state index is 12.5. The second-order valence-corrected chi connectivity index (χ2v) is 7.17. The first kappa shape index (κ1) is 18.5. The molecule has 3 rings (SSSR count). The Labute approximate surface area is 159 Å². The van der Waals surface area contributed by atoms with Crippen molar-refractivity contribution in [2.24, 2.45) is 5.92 Å². The zero-order valence-electron chi connectivity index (χ0n) is 15.2. The lowest BCUT2D eigenvalue weighted by atomic mass is 9.95. The fourth-order valence-corrected chi connectivity index (χ4v) is 3.33. The van der Waals surface area contributed by atoms with Crippen molar-refractivity contribution in [3.05, 3.63) is 47.4 Å². The summed E-state index contributed by atoms with van der Waals surface area (Å²) in [6, 6.07) is 7.55. The molecule has 0 spiro atoms. The van der Waals surface area contributed by atoms with Crippen molar-refractivity contribution in [3.8, 4) is 0 Å². The van der Waals surface area contributed by atoms with Gasteiger partial charge in [-0.1, -0.05) is 23.7 Å². The molecule has 2 heterocycles. The molecule has 2 aromatic rings. The molecule has 0 unspecified atom stereocenters. The van der Waals surface area contributed by atoms with Crippen LogP contribution in [0.5, 0.6) is 0 Å². The number of benzene rings is 1. The minimum atomic E-state index is 0.0472. The van der Waals surface area contributed by atoms with E-state index in [0.717, 1.165) is 43.0 Å². The highest BCUT2D eigenvalue weighted by molar-refractivity contribution is 6.30. The third-order valence-corrected chi connectivity index (χ3v) is 4.93. The van der Waals surface area contributed by atoms with Gasteiger partial charge in [-0.3, -0.25) is 4.79 Å². The van der Waals surface area contributed by atoms with E-state index in [1.165, 1.54) is 0 Å². The van der Waals surface area contributed by atoms with Crippen LogP contribution in [0.15, 0.2) is 36.8 Å². The quantitative estimate of drug-likeness (QED) is 0.873. The predicted molar refractivity (Wildman–Crippen MR) is 105 cm³/mol. The molecule has 1 aromatic carbocycles. The molecular weight excluding hydrogens is 350 g/mol. The summed E-state index contributed by atoms with van der Waals surface area (Å²) < 4.78 is 0. The van der Waals surface area contributed by atoms with E-state index in [0.29, 0.717) is 11.6 Å². The number of halogens is 1. The monoisotopic (exact) mass is 373 g/mol. The molecule has 138 valence electrons. The highest BCUT2D eigenvalue weighted by Crippen LogP contribution is 2.28. The van der Waals surface area contributed by atoms with Gasteiger partial charge in [-0.15, -0.1) is 0 Å². The van der Waals surface area contributed by atoms with E-state index in [1.54, 1.807) is 6.33 Å². The molecule has 0 aliphatic carbocycles. The number of amides is 1. The van der Waals surface area contributed by atoms with Crippen molar-refractivity contribution in [1.29, 1.82) is 0 Å². The van der Waals surface area contributed by atoms with Gasteiger partial charge >= 0.3 is 0 Å². The first-order valence-corrected chi connectivity index (χ1v) is 9.17. The Morgan fingerprint density at radius 1 is 1.27 bits per heavy atom. The molecule has 0 radical (unpaired) electrons. The molecule has 1 N–H and O–H groups in total. The van der Waals surface area contributed by atoms with Crippen LogP contribution in [0.1, 0.15) is 18.4 Å². The van der Waals surface area contributed by atoms with E-state index >= 15 is 0 Å². The topological polar surface area (TPSA) is 61.4 Å². The minimum Gasteiger partial charge on any atom is -0.367 e. The molecule has 1 aliphatic rings. The first-order chi connectivity index (χ1) is 12.5. The summed E-state index contributed by atoms with van der Waals surface area (Å²) in [7, 11) is 3.95. The van der Waals surface area contributed by atoms with E-state index in [-0.39, 0.29) is 11.8 Å². The molecule has 1 aromatic heterocycles. The summed E-state index contributed by atoms with van der Waals surface area (Å²) in [6.07, 6.45) is 5.07. The lowest BCUT2D eigenvalue weighted by Gasteiger charge is -2.34. The van der Waals surface area contributed by atoms with Crippen LogP contribution >= 0.6 is 11.6 Å². The first-order valence-electron chi connectivity index (χ1n) is 8.79. The van der Waals surface area contributed by atoms with E-state index in [2.05, 4.69) is 20.2 Å². The smallest absolute Gasteiger partial charge is 0.223 e. The largest absolute Gasteiger partial charge is 0.367 e. The molecule has 1 aliphatic heterocycles. The van der Waals surface area contributed by atoms with Crippen LogP contribution in [-0.4, -0.2) is 43.1 Å². The molecular formula is C19H24ClN5O. The van der Waals surface area contributed by atoms with Gasteiger partial charge in [-0.2, -0.15) is 0 Å². The Morgan fingerprint density at radius 3 is 2.62 bits per heavy atom. The fourth-order valence-electron chi connectivity index (χ4n) is 3.20. The summed E-state index contributed by atoms with van der Waals surface area (Å²) in [5, 5.41) is 3.74. The highest BCUT2D eigenvalue weighted by Gasteiger charge is 2.26. The zero-order valence-corrected chi connectivity index (χ0v) is 15.9. The molecule has 0 bridgehead atoms. The van der Waals surface area contributed by atoms with Gasteiger partial charge in [0.15, 0.2) is 5.82 Å². The third kappa shape index (κ3) is 4.43. The number of piperidine rings is 1. The Balaban J connectivity index is 1.53. The summed E-state index contributed by atoms with van der Waals surface area (Å²) in [5.41, 5.74) is 2.08. The second kappa shape index (κ2) is 8.36. The average molecular weight is 374 g/mol. The number of carbonyl (C=O) groups excluding carboxylic acids is 1. The average Bonchev–Trinajstić information content (AvgIpc) is 2.67. The SMILES string of the molecule is CN(C)c1ncncc1N1CCC(C(=O)NCc2ccc(Cl)cc2)CC1. The van der Waals surface area contributed by atoms with E-state index in [4.69, 9.17) is 11.6 Å². The second-order valence-electron chi connectivity index (χ2n) is 6.73. The number of anilines is 2. The number of hydrogen-bond donors (Lipinski definition) is 1. The van der Waals surface area contributed by atoms with Crippen molar-refractivity contribution in [1.82, 2.24) is 15.3 Å². The van der Waals surface area contributed by atoms with Crippen molar-refractivity contribution in [2.75, 3.05) is 37.0 Å². The van der Waals surface area contributed by atoms with E-state index in [1.807, 2.05) is 49.5 Å². The number of nitrogens with one attached hydrogen (secondary N) is 1. The van der Waals surface area contributed by atoms with Crippen molar-refractivity contribution in [3.63, 3.8) is 0 Å². The van der Waals surface area contributed by atoms with Crippen LogP contribution < -0.4 is 15.1 Å². The van der Waals surface area contributed by atoms with Gasteiger partial charge in [0.25, 0.3) is 0 Å². The van der Waals surface area contributed by atoms with Gasteiger partial charge in [0.1, 0.15) is 6.33 Å². The normalized spacial score (nSPS) is 15.0. The lowest BCUT2D eigenvalue weighted by molar-refractivity contribution is -0.125. The van der Waals surface area contributed by atoms with E-state index < -0.39 is 0 Å². The Morgan fingerprint density at radius 2 is 1.96 bits per heavy atom. The van der Waals surface area contributed by atoms with Crippen LogP contribution in [0.4, 0.5) is 11.5 Å². The summed E-state index contributed by atoms with van der Waals surface area (Å²) in [4.78, 5) is 25.2. The summed E-state index contributed by atoms with van der Waals surface area (Å²) in [6.45, 7) is 2.19. The Hall–Kier alpha value is -2.34. The molecule has 6 nitrogen and oxygen atoms in total. The Kier molecular flexibility index (Phi) is 5.93. The van der Waals surface area contributed by atoms with Crippen LogP contribution in [0.25, 0.3) is 0 Å². The zero-order chi connectivity index (χ0) is 18.5. The molecule has 26 heavy (non-hydrogen) atoms.